The van der Waals surface area contributed by atoms with Crippen molar-refractivity contribution in [3.05, 3.63) is 12.8 Å². The average Bonchev–Trinajstić information content (AvgIpc) is 2.33. The lowest BCUT2D eigenvalue weighted by molar-refractivity contribution is -0.0215. The van der Waals surface area contributed by atoms with E-state index in [1.165, 1.54) is 0 Å². The molecule has 0 aliphatic heterocycles. The molecule has 0 heterocycles. The summed E-state index contributed by atoms with van der Waals surface area (Å²) in [5.74, 6) is 0. The van der Waals surface area contributed by atoms with Crippen LogP contribution in [0.5, 0.6) is 0 Å². The summed E-state index contributed by atoms with van der Waals surface area (Å²) < 4.78 is 8.65. The van der Waals surface area contributed by atoms with E-state index in [1.807, 2.05) is 0 Å². The number of hydrogen-bond donors (Lipinski definition) is 5. The van der Waals surface area contributed by atoms with Crippen LogP contribution in [0.4, 0.5) is 4.79 Å². The summed E-state index contributed by atoms with van der Waals surface area (Å²) in [5, 5.41) is 41.5. The van der Waals surface area contributed by atoms with Gasteiger partial charge in [-0.25, -0.2) is 4.79 Å². The van der Waals surface area contributed by atoms with Gasteiger partial charge >= 0.3 is 6.16 Å². The zero-order valence-electron chi connectivity index (χ0n) is 9.23. The van der Waals surface area contributed by atoms with Gasteiger partial charge in [0.25, 0.3) is 0 Å². The number of aliphatic hydroxyl groups excluding tert-OH is 5. The topological polar surface area (TPSA) is 137 Å². The Kier molecular flexibility index (Phi) is 13.5. The fourth-order valence-corrected chi connectivity index (χ4v) is 0.476. The molecule has 0 radical (unpaired) electrons. The SMILES string of the molecule is C=CO.O=C(OCC(O)CO)OCC(O)CO. The van der Waals surface area contributed by atoms with Crippen molar-refractivity contribution in [1.82, 2.24) is 0 Å². The molecule has 0 aliphatic carbocycles. The number of carbonyl (C=O) groups excluding carboxylic acids is 1. The van der Waals surface area contributed by atoms with Crippen LogP contribution < -0.4 is 0 Å². The van der Waals surface area contributed by atoms with Crippen LogP contribution in [0.25, 0.3) is 0 Å². The van der Waals surface area contributed by atoms with E-state index < -0.39 is 31.6 Å². The predicted octanol–water partition coefficient (Wildman–Crippen LogP) is -1.47. The van der Waals surface area contributed by atoms with E-state index in [9.17, 15) is 4.79 Å². The highest BCUT2D eigenvalue weighted by Crippen LogP contribution is 1.91. The molecule has 5 N–H and O–H groups in total. The van der Waals surface area contributed by atoms with E-state index in [4.69, 9.17) is 25.5 Å². The maximum absolute atomic E-state index is 10.7. The Hall–Kier alpha value is -1.35. The third kappa shape index (κ3) is 14.7. The molecule has 0 spiro atoms. The van der Waals surface area contributed by atoms with Crippen LogP contribution in [0, 0.1) is 0 Å². The van der Waals surface area contributed by atoms with Crippen LogP contribution in [0.3, 0.4) is 0 Å². The Morgan fingerprint density at radius 1 is 1.12 bits per heavy atom. The van der Waals surface area contributed by atoms with Gasteiger partial charge in [0, 0.05) is 0 Å². The number of carbonyl (C=O) groups is 1. The highest BCUT2D eigenvalue weighted by molar-refractivity contribution is 5.59. The van der Waals surface area contributed by atoms with Gasteiger partial charge in [-0.1, -0.05) is 6.58 Å². The number of ether oxygens (including phenoxy) is 2. The molecule has 17 heavy (non-hydrogen) atoms. The molecule has 0 fully saturated rings. The van der Waals surface area contributed by atoms with E-state index in [-0.39, 0.29) is 13.2 Å². The quantitative estimate of drug-likeness (QED) is 0.286. The monoisotopic (exact) mass is 254 g/mol. The lowest BCUT2D eigenvalue weighted by Gasteiger charge is -2.10. The van der Waals surface area contributed by atoms with Crippen LogP contribution in [0.1, 0.15) is 0 Å². The second-order valence-electron chi connectivity index (χ2n) is 2.73. The van der Waals surface area contributed by atoms with Crippen molar-refractivity contribution in [3.63, 3.8) is 0 Å². The van der Waals surface area contributed by atoms with E-state index in [1.54, 1.807) is 0 Å². The Balaban J connectivity index is 0. The van der Waals surface area contributed by atoms with Crippen LogP contribution in [-0.4, -0.2) is 70.3 Å². The first-order chi connectivity index (χ1) is 8.01. The van der Waals surface area contributed by atoms with Crippen LogP contribution in [0.15, 0.2) is 12.8 Å². The molecule has 0 bridgehead atoms. The highest BCUT2D eigenvalue weighted by Gasteiger charge is 2.10. The number of rotatable bonds is 6. The average molecular weight is 254 g/mol. The largest absolute Gasteiger partial charge is 0.516 e. The molecule has 102 valence electrons. The van der Waals surface area contributed by atoms with E-state index in [0.717, 1.165) is 6.26 Å². The van der Waals surface area contributed by atoms with Gasteiger partial charge in [-0.2, -0.15) is 0 Å². The summed E-state index contributed by atoms with van der Waals surface area (Å²) in [4.78, 5) is 10.7. The molecular formula is C9H18O8. The molecule has 8 heteroatoms. The van der Waals surface area contributed by atoms with Crippen molar-refractivity contribution in [1.29, 1.82) is 0 Å². The molecule has 0 saturated carbocycles. The fourth-order valence-electron chi connectivity index (χ4n) is 0.476. The summed E-state index contributed by atoms with van der Waals surface area (Å²) in [5.41, 5.74) is 0. The smallest absolute Gasteiger partial charge is 0.508 e. The van der Waals surface area contributed by atoms with E-state index >= 15 is 0 Å². The Morgan fingerprint density at radius 2 is 1.41 bits per heavy atom. The third-order valence-electron chi connectivity index (χ3n) is 1.21. The number of aliphatic hydroxyl groups is 5. The lowest BCUT2D eigenvalue weighted by atomic mass is 10.4. The van der Waals surface area contributed by atoms with Gasteiger partial charge in [-0.05, 0) is 0 Å². The molecule has 0 amide bonds. The molecule has 0 aromatic rings. The molecule has 2 atom stereocenters. The minimum Gasteiger partial charge on any atom is -0.516 e. The van der Waals surface area contributed by atoms with Crippen molar-refractivity contribution in [2.45, 2.75) is 12.2 Å². The van der Waals surface area contributed by atoms with Crippen molar-refractivity contribution < 1.29 is 39.8 Å². The summed E-state index contributed by atoms with van der Waals surface area (Å²) in [6, 6.07) is 0. The van der Waals surface area contributed by atoms with Gasteiger partial charge in [-0.3, -0.25) is 0 Å². The molecular weight excluding hydrogens is 236 g/mol. The van der Waals surface area contributed by atoms with Crippen LogP contribution in [-0.2, 0) is 9.47 Å². The molecule has 0 aromatic heterocycles. The second-order valence-corrected chi connectivity index (χ2v) is 2.73. The van der Waals surface area contributed by atoms with Crippen molar-refractivity contribution in [3.8, 4) is 0 Å². The van der Waals surface area contributed by atoms with Gasteiger partial charge in [0.2, 0.25) is 0 Å². The maximum atomic E-state index is 10.7. The lowest BCUT2D eigenvalue weighted by Crippen LogP contribution is -2.25. The van der Waals surface area contributed by atoms with E-state index in [2.05, 4.69) is 16.1 Å². The predicted molar refractivity (Wildman–Crippen MR) is 56.3 cm³/mol. The second kappa shape index (κ2) is 12.7. The van der Waals surface area contributed by atoms with Crippen molar-refractivity contribution in [2.75, 3.05) is 26.4 Å². The van der Waals surface area contributed by atoms with Gasteiger partial charge in [0.15, 0.2) is 0 Å². The van der Waals surface area contributed by atoms with Crippen LogP contribution in [0.2, 0.25) is 0 Å². The Labute approximate surface area is 98.3 Å². The summed E-state index contributed by atoms with van der Waals surface area (Å²) in [6.07, 6.45) is -2.62. The maximum Gasteiger partial charge on any atom is 0.508 e. The normalized spacial score (nSPS) is 12.7. The van der Waals surface area contributed by atoms with E-state index in [0.29, 0.717) is 0 Å². The Bertz CT molecular complexity index is 179. The van der Waals surface area contributed by atoms with Gasteiger partial charge in [-0.15, -0.1) is 0 Å². The molecule has 0 aromatic carbocycles. The first kappa shape index (κ1) is 18.0. The third-order valence-corrected chi connectivity index (χ3v) is 1.21. The summed E-state index contributed by atoms with van der Waals surface area (Å²) >= 11 is 0. The van der Waals surface area contributed by atoms with Gasteiger partial charge in [0.05, 0.1) is 19.5 Å². The minimum atomic E-state index is -1.15. The summed E-state index contributed by atoms with van der Waals surface area (Å²) in [7, 11) is 0. The zero-order valence-corrected chi connectivity index (χ0v) is 9.23. The molecule has 0 aliphatic rings. The van der Waals surface area contributed by atoms with Gasteiger partial charge < -0.3 is 35.0 Å². The highest BCUT2D eigenvalue weighted by atomic mass is 16.7. The summed E-state index contributed by atoms with van der Waals surface area (Å²) in [6.45, 7) is 1.11. The first-order valence-electron chi connectivity index (χ1n) is 4.64. The molecule has 2 unspecified atom stereocenters. The van der Waals surface area contributed by atoms with Crippen molar-refractivity contribution in [2.24, 2.45) is 0 Å². The molecule has 8 nitrogen and oxygen atoms in total. The molecule has 0 saturated heterocycles. The fraction of sp³-hybridized carbons (Fsp3) is 0.667. The minimum absolute atomic E-state index is 0.384. The Morgan fingerprint density at radius 3 is 1.65 bits per heavy atom. The van der Waals surface area contributed by atoms with Crippen LogP contribution >= 0.6 is 0 Å². The molecule has 0 rings (SSSR count). The standard InChI is InChI=1S/C7H14O7.C2H4O/c8-1-5(10)3-13-7(12)14-4-6(11)2-9;1-2-3/h5-6,8-11H,1-4H2;2-3H,1H2. The van der Waals surface area contributed by atoms with Gasteiger partial charge in [0.1, 0.15) is 25.4 Å². The first-order valence-corrected chi connectivity index (χ1v) is 4.64. The zero-order chi connectivity index (χ0) is 13.7. The van der Waals surface area contributed by atoms with Crippen molar-refractivity contribution >= 4 is 6.16 Å². The number of hydrogen-bond acceptors (Lipinski definition) is 8.